The van der Waals surface area contributed by atoms with E-state index in [0.29, 0.717) is 19.1 Å². The number of nitrogens with two attached hydrogens (primary N) is 1. The Bertz CT molecular complexity index is 1010. The van der Waals surface area contributed by atoms with Gasteiger partial charge in [-0.15, -0.1) is 0 Å². The predicted molar refractivity (Wildman–Crippen MR) is 145 cm³/mol. The van der Waals surface area contributed by atoms with Crippen molar-refractivity contribution >= 4 is 17.6 Å². The van der Waals surface area contributed by atoms with Crippen LogP contribution >= 0.6 is 0 Å². The Kier molecular flexibility index (Phi) is 9.48. The number of amides is 3. The van der Waals surface area contributed by atoms with E-state index in [4.69, 9.17) is 5.73 Å². The highest BCUT2D eigenvalue weighted by Crippen LogP contribution is 2.27. The van der Waals surface area contributed by atoms with Gasteiger partial charge in [0.1, 0.15) is 5.92 Å². The van der Waals surface area contributed by atoms with Gasteiger partial charge in [0.2, 0.25) is 5.91 Å². The third kappa shape index (κ3) is 6.84. The minimum Gasteiger partial charge on any atom is -0.369 e. The summed E-state index contributed by atoms with van der Waals surface area (Å²) >= 11 is 0. The summed E-state index contributed by atoms with van der Waals surface area (Å²) in [4.78, 5) is 31.4. The van der Waals surface area contributed by atoms with Gasteiger partial charge in [0.05, 0.1) is 12.3 Å². The largest absolute Gasteiger partial charge is 0.369 e. The molecule has 0 radical (unpaired) electrons. The van der Waals surface area contributed by atoms with Gasteiger partial charge in [-0.1, -0.05) is 70.2 Å². The molecule has 2 aromatic carbocycles. The molecular formula is C28H42N6O2. The molecule has 1 heterocycles. The van der Waals surface area contributed by atoms with E-state index in [9.17, 15) is 9.59 Å². The first-order chi connectivity index (χ1) is 17.1. The fourth-order valence-corrected chi connectivity index (χ4v) is 4.62. The third-order valence-corrected chi connectivity index (χ3v) is 6.48. The second kappa shape index (κ2) is 12.3. The molecule has 1 fully saturated rings. The van der Waals surface area contributed by atoms with E-state index in [1.54, 1.807) is 11.9 Å². The molecule has 0 saturated carbocycles. The highest BCUT2D eigenvalue weighted by molar-refractivity contribution is 5.98. The molecule has 3 rings (SSSR count). The zero-order valence-electron chi connectivity index (χ0n) is 22.4. The maximum atomic E-state index is 13.5. The maximum Gasteiger partial charge on any atom is 0.327 e. The Morgan fingerprint density at radius 2 is 1.67 bits per heavy atom. The Labute approximate surface area is 215 Å². The molecular weight excluding hydrogens is 452 g/mol. The van der Waals surface area contributed by atoms with E-state index < -0.39 is 18.2 Å². The predicted octanol–water partition coefficient (Wildman–Crippen LogP) is 3.51. The van der Waals surface area contributed by atoms with E-state index in [0.717, 1.165) is 17.8 Å². The van der Waals surface area contributed by atoms with Crippen molar-refractivity contribution in [1.82, 2.24) is 20.0 Å². The molecule has 36 heavy (non-hydrogen) atoms. The van der Waals surface area contributed by atoms with Gasteiger partial charge in [-0.2, -0.15) is 0 Å². The maximum absolute atomic E-state index is 13.5. The number of nitrogens with zero attached hydrogens (tertiary/aromatic N) is 3. The SMILES string of the molecule is CC(C)CN1C(=O)N(C)C(=O)C(C(Nc2ccccc2)N(C)Cc2cccc(CNC(C)C)c2)C1N. The molecule has 0 bridgehead atoms. The number of anilines is 1. The van der Waals surface area contributed by atoms with Gasteiger partial charge in [-0.3, -0.25) is 14.6 Å². The average molecular weight is 495 g/mol. The molecule has 8 heteroatoms. The Hall–Kier alpha value is -2.94. The van der Waals surface area contributed by atoms with Crippen LogP contribution in [0.4, 0.5) is 10.5 Å². The lowest BCUT2D eigenvalue weighted by Gasteiger charge is -2.47. The van der Waals surface area contributed by atoms with Gasteiger partial charge in [0.15, 0.2) is 0 Å². The number of carbonyl (C=O) groups excluding carboxylic acids is 2. The van der Waals surface area contributed by atoms with Gasteiger partial charge >= 0.3 is 6.03 Å². The lowest BCUT2D eigenvalue weighted by Crippen LogP contribution is -2.69. The fraction of sp³-hybridized carbons (Fsp3) is 0.500. The zero-order chi connectivity index (χ0) is 26.4. The summed E-state index contributed by atoms with van der Waals surface area (Å²) in [6.07, 6.45) is -1.17. The van der Waals surface area contributed by atoms with Crippen LogP contribution in [0.1, 0.15) is 38.8 Å². The van der Waals surface area contributed by atoms with Crippen LogP contribution in [-0.4, -0.2) is 65.7 Å². The van der Waals surface area contributed by atoms with Crippen LogP contribution < -0.4 is 16.4 Å². The Balaban J connectivity index is 1.91. The van der Waals surface area contributed by atoms with Crippen molar-refractivity contribution in [3.05, 3.63) is 65.7 Å². The van der Waals surface area contributed by atoms with Crippen LogP contribution in [0, 0.1) is 11.8 Å². The highest BCUT2D eigenvalue weighted by atomic mass is 16.2. The molecule has 0 aliphatic carbocycles. The second-order valence-corrected chi connectivity index (χ2v) is 10.5. The van der Waals surface area contributed by atoms with Crippen LogP contribution in [0.5, 0.6) is 0 Å². The second-order valence-electron chi connectivity index (χ2n) is 10.5. The number of urea groups is 1. The summed E-state index contributed by atoms with van der Waals surface area (Å²) in [5.41, 5.74) is 9.91. The van der Waals surface area contributed by atoms with Crippen LogP contribution in [0.3, 0.4) is 0 Å². The summed E-state index contributed by atoms with van der Waals surface area (Å²) < 4.78 is 0. The quantitative estimate of drug-likeness (QED) is 0.414. The van der Waals surface area contributed by atoms with E-state index in [1.807, 2.05) is 51.2 Å². The molecule has 0 aromatic heterocycles. The number of rotatable bonds is 11. The summed E-state index contributed by atoms with van der Waals surface area (Å²) in [6.45, 7) is 10.2. The zero-order valence-corrected chi connectivity index (χ0v) is 22.4. The first-order valence-corrected chi connectivity index (χ1v) is 12.7. The van der Waals surface area contributed by atoms with Crippen molar-refractivity contribution in [3.63, 3.8) is 0 Å². The number of hydrogen-bond donors (Lipinski definition) is 3. The lowest BCUT2D eigenvalue weighted by atomic mass is 9.94. The van der Waals surface area contributed by atoms with Crippen molar-refractivity contribution in [2.24, 2.45) is 17.6 Å². The smallest absolute Gasteiger partial charge is 0.327 e. The molecule has 4 N–H and O–H groups in total. The Morgan fingerprint density at radius 3 is 2.31 bits per heavy atom. The van der Waals surface area contributed by atoms with Crippen LogP contribution in [0.15, 0.2) is 54.6 Å². The molecule has 1 saturated heterocycles. The van der Waals surface area contributed by atoms with Crippen molar-refractivity contribution in [2.75, 3.05) is 26.0 Å². The summed E-state index contributed by atoms with van der Waals surface area (Å²) in [5, 5.41) is 7.00. The van der Waals surface area contributed by atoms with Crippen molar-refractivity contribution in [3.8, 4) is 0 Å². The number of carbonyl (C=O) groups is 2. The first kappa shape index (κ1) is 27.6. The van der Waals surface area contributed by atoms with E-state index in [-0.39, 0.29) is 17.9 Å². The highest BCUT2D eigenvalue weighted by Gasteiger charge is 2.48. The number of para-hydroxylation sites is 1. The van der Waals surface area contributed by atoms with Gasteiger partial charge in [0.25, 0.3) is 0 Å². The first-order valence-electron chi connectivity index (χ1n) is 12.7. The number of hydrogen-bond acceptors (Lipinski definition) is 6. The van der Waals surface area contributed by atoms with Gasteiger partial charge in [0, 0.05) is 38.4 Å². The summed E-state index contributed by atoms with van der Waals surface area (Å²) in [6, 6.07) is 18.3. The topological polar surface area (TPSA) is 93.9 Å². The summed E-state index contributed by atoms with van der Waals surface area (Å²) in [7, 11) is 3.53. The minimum absolute atomic E-state index is 0.225. The fourth-order valence-electron chi connectivity index (χ4n) is 4.62. The van der Waals surface area contributed by atoms with E-state index in [2.05, 4.69) is 53.6 Å². The lowest BCUT2D eigenvalue weighted by molar-refractivity contribution is -0.140. The van der Waals surface area contributed by atoms with E-state index >= 15 is 0 Å². The molecule has 3 amide bonds. The number of imide groups is 1. The molecule has 8 nitrogen and oxygen atoms in total. The summed E-state index contributed by atoms with van der Waals surface area (Å²) in [5.74, 6) is -0.701. The average Bonchev–Trinajstić information content (AvgIpc) is 2.84. The van der Waals surface area contributed by atoms with E-state index in [1.165, 1.54) is 10.5 Å². The van der Waals surface area contributed by atoms with Crippen molar-refractivity contribution in [1.29, 1.82) is 0 Å². The Morgan fingerprint density at radius 1 is 1.00 bits per heavy atom. The molecule has 0 spiro atoms. The molecule has 3 unspecified atom stereocenters. The van der Waals surface area contributed by atoms with Gasteiger partial charge in [-0.05, 0) is 36.2 Å². The number of benzene rings is 2. The van der Waals surface area contributed by atoms with Gasteiger partial charge in [-0.25, -0.2) is 4.79 Å². The van der Waals surface area contributed by atoms with Crippen molar-refractivity contribution in [2.45, 2.75) is 59.2 Å². The van der Waals surface area contributed by atoms with Gasteiger partial charge < -0.3 is 21.3 Å². The number of nitrogens with one attached hydrogen (secondary N) is 2. The molecule has 1 aliphatic heterocycles. The molecule has 196 valence electrons. The third-order valence-electron chi connectivity index (χ3n) is 6.48. The molecule has 2 aromatic rings. The van der Waals surface area contributed by atoms with Crippen LogP contribution in [0.25, 0.3) is 0 Å². The monoisotopic (exact) mass is 494 g/mol. The van der Waals surface area contributed by atoms with Crippen LogP contribution in [-0.2, 0) is 17.9 Å². The molecule has 1 aliphatic rings. The normalized spacial score (nSPS) is 19.5. The van der Waals surface area contributed by atoms with Crippen molar-refractivity contribution < 1.29 is 9.59 Å². The standard InChI is InChI=1S/C28H42N6O2/c1-19(2)17-34-25(29)24(27(35)33(6)28(34)36)26(31-23-13-8-7-9-14-23)32(5)18-22-12-10-11-21(15-22)16-30-20(3)4/h7-15,19-20,24-26,30-31H,16-18,29H2,1-6H3. The molecule has 3 atom stereocenters. The minimum atomic E-state index is -0.742. The van der Waals surface area contributed by atoms with Crippen LogP contribution in [0.2, 0.25) is 0 Å².